The third-order valence-corrected chi connectivity index (χ3v) is 4.62. The lowest BCUT2D eigenvalue weighted by atomic mass is 10.5. The minimum Gasteiger partial charge on any atom is -0.266 e. The Morgan fingerprint density at radius 1 is 1.60 bits per heavy atom. The number of aromatic nitrogens is 1. The molecule has 1 aromatic heterocycles. The Balaban J connectivity index is 2.95. The summed E-state index contributed by atoms with van der Waals surface area (Å²) >= 11 is 7.92. The van der Waals surface area contributed by atoms with Gasteiger partial charge in [0, 0.05) is 9.77 Å². The normalized spacial score (nSPS) is 11.4. The first-order valence-electron chi connectivity index (χ1n) is 4.27. The summed E-state index contributed by atoms with van der Waals surface area (Å²) in [6, 6.07) is 1.71. The summed E-state index contributed by atoms with van der Waals surface area (Å²) in [6.07, 6.45) is 2.06. The molecule has 1 rings (SSSR count). The van der Waals surface area contributed by atoms with Crippen LogP contribution in [0.1, 0.15) is 13.3 Å². The first kappa shape index (κ1) is 13.0. The van der Waals surface area contributed by atoms with Gasteiger partial charge in [-0.1, -0.05) is 18.5 Å². The molecule has 0 saturated heterocycles. The van der Waals surface area contributed by atoms with E-state index < -0.39 is 10.0 Å². The van der Waals surface area contributed by atoms with E-state index in [1.807, 2.05) is 22.6 Å². The fourth-order valence-corrected chi connectivity index (χ4v) is 2.68. The van der Waals surface area contributed by atoms with E-state index in [4.69, 9.17) is 11.6 Å². The van der Waals surface area contributed by atoms with Crippen molar-refractivity contribution in [1.82, 2.24) is 4.98 Å². The summed E-state index contributed by atoms with van der Waals surface area (Å²) in [4.78, 5) is 3.88. The number of nitrogens with zero attached hydrogens (tertiary/aromatic N) is 1. The first-order valence-corrected chi connectivity index (χ1v) is 7.37. The van der Waals surface area contributed by atoms with Crippen molar-refractivity contribution in [1.29, 1.82) is 0 Å². The number of pyridine rings is 1. The van der Waals surface area contributed by atoms with Gasteiger partial charge in [0.25, 0.3) is 0 Å². The highest BCUT2D eigenvalue weighted by Crippen LogP contribution is 2.25. The van der Waals surface area contributed by atoms with Gasteiger partial charge in [0.1, 0.15) is 0 Å². The third kappa shape index (κ3) is 3.76. The number of nitrogens with one attached hydrogen (secondary N) is 1. The molecule has 0 aliphatic carbocycles. The van der Waals surface area contributed by atoms with Crippen molar-refractivity contribution in [2.75, 3.05) is 10.5 Å². The van der Waals surface area contributed by atoms with Gasteiger partial charge in [-0.3, -0.25) is 4.72 Å². The van der Waals surface area contributed by atoms with Crippen LogP contribution < -0.4 is 4.72 Å². The van der Waals surface area contributed by atoms with Gasteiger partial charge >= 0.3 is 0 Å². The maximum Gasteiger partial charge on any atom is 0.233 e. The van der Waals surface area contributed by atoms with Crippen LogP contribution in [0.2, 0.25) is 5.02 Å². The maximum absolute atomic E-state index is 11.5. The lowest BCUT2D eigenvalue weighted by Gasteiger charge is -2.08. The van der Waals surface area contributed by atoms with E-state index in [-0.39, 0.29) is 11.6 Å². The van der Waals surface area contributed by atoms with E-state index in [1.54, 1.807) is 13.0 Å². The van der Waals surface area contributed by atoms with Crippen molar-refractivity contribution in [2.45, 2.75) is 13.3 Å². The van der Waals surface area contributed by atoms with Crippen molar-refractivity contribution in [3.63, 3.8) is 0 Å². The monoisotopic (exact) mass is 360 g/mol. The molecule has 1 heterocycles. The van der Waals surface area contributed by atoms with E-state index >= 15 is 0 Å². The third-order valence-electron chi connectivity index (χ3n) is 1.57. The second-order valence-electron chi connectivity index (χ2n) is 2.88. The van der Waals surface area contributed by atoms with Crippen LogP contribution in [0, 0.1) is 3.57 Å². The molecule has 4 nitrogen and oxygen atoms in total. The molecule has 0 aromatic carbocycles. The molecule has 15 heavy (non-hydrogen) atoms. The van der Waals surface area contributed by atoms with Gasteiger partial charge in [-0.25, -0.2) is 13.4 Å². The lowest BCUT2D eigenvalue weighted by molar-refractivity contribution is 0.599. The van der Waals surface area contributed by atoms with E-state index in [1.165, 1.54) is 6.20 Å². The number of rotatable bonds is 4. The molecule has 0 bridgehead atoms. The van der Waals surface area contributed by atoms with Crippen LogP contribution in [-0.4, -0.2) is 19.2 Å². The SMILES string of the molecule is CCCS(=O)(=O)Nc1nccc(I)c1Cl. The molecule has 0 atom stereocenters. The lowest BCUT2D eigenvalue weighted by Crippen LogP contribution is -2.17. The highest BCUT2D eigenvalue weighted by molar-refractivity contribution is 14.1. The smallest absolute Gasteiger partial charge is 0.233 e. The van der Waals surface area contributed by atoms with Crippen LogP contribution >= 0.6 is 34.2 Å². The van der Waals surface area contributed by atoms with E-state index in [9.17, 15) is 8.42 Å². The minimum absolute atomic E-state index is 0.0660. The highest BCUT2D eigenvalue weighted by Gasteiger charge is 2.13. The molecule has 7 heteroatoms. The molecular formula is C8H10ClIN2O2S. The summed E-state index contributed by atoms with van der Waals surface area (Å²) in [5.74, 6) is 0.258. The summed E-state index contributed by atoms with van der Waals surface area (Å²) in [5.41, 5.74) is 0. The van der Waals surface area contributed by atoms with Crippen molar-refractivity contribution in [3.8, 4) is 0 Å². The molecule has 0 unspecified atom stereocenters. The van der Waals surface area contributed by atoms with E-state index in [0.29, 0.717) is 11.4 Å². The summed E-state index contributed by atoms with van der Waals surface area (Å²) in [5, 5.41) is 0.331. The Morgan fingerprint density at radius 2 is 2.27 bits per heavy atom. The van der Waals surface area contributed by atoms with Crippen molar-refractivity contribution in [3.05, 3.63) is 20.9 Å². The molecule has 0 spiro atoms. The fraction of sp³-hybridized carbons (Fsp3) is 0.375. The van der Waals surface area contributed by atoms with Crippen LogP contribution in [0.3, 0.4) is 0 Å². The fourth-order valence-electron chi connectivity index (χ4n) is 0.958. The Labute approximate surface area is 108 Å². The molecule has 84 valence electrons. The van der Waals surface area contributed by atoms with Gasteiger partial charge in [0.15, 0.2) is 5.82 Å². The van der Waals surface area contributed by atoms with Crippen LogP contribution in [0.25, 0.3) is 0 Å². The van der Waals surface area contributed by atoms with Gasteiger partial charge in [0.2, 0.25) is 10.0 Å². The maximum atomic E-state index is 11.5. The predicted molar refractivity (Wildman–Crippen MR) is 69.7 cm³/mol. The Kier molecular flexibility index (Phi) is 4.60. The predicted octanol–water partition coefficient (Wildman–Crippen LogP) is 2.49. The van der Waals surface area contributed by atoms with Crippen molar-refractivity contribution >= 4 is 50.0 Å². The first-order chi connectivity index (χ1) is 6.96. The topological polar surface area (TPSA) is 59.1 Å². The molecular weight excluding hydrogens is 351 g/mol. The number of sulfonamides is 1. The largest absolute Gasteiger partial charge is 0.266 e. The van der Waals surface area contributed by atoms with Crippen LogP contribution in [0.15, 0.2) is 12.3 Å². The Morgan fingerprint density at radius 3 is 2.87 bits per heavy atom. The number of halogens is 2. The average molecular weight is 361 g/mol. The van der Waals surface area contributed by atoms with Crippen molar-refractivity contribution < 1.29 is 8.42 Å². The van der Waals surface area contributed by atoms with Gasteiger partial charge in [-0.05, 0) is 35.1 Å². The summed E-state index contributed by atoms with van der Waals surface area (Å²) in [7, 11) is -3.32. The number of anilines is 1. The van der Waals surface area contributed by atoms with Crippen LogP contribution in [-0.2, 0) is 10.0 Å². The zero-order valence-corrected chi connectivity index (χ0v) is 11.7. The molecule has 0 aliphatic rings. The molecule has 0 saturated carbocycles. The van der Waals surface area contributed by atoms with E-state index in [2.05, 4.69) is 9.71 Å². The van der Waals surface area contributed by atoms with Gasteiger partial charge in [0.05, 0.1) is 10.8 Å². The molecule has 1 N–H and O–H groups in total. The van der Waals surface area contributed by atoms with Gasteiger partial charge < -0.3 is 0 Å². The van der Waals surface area contributed by atoms with Crippen LogP contribution in [0.5, 0.6) is 0 Å². The molecule has 0 aliphatic heterocycles. The quantitative estimate of drug-likeness (QED) is 0.839. The average Bonchev–Trinajstić information content (AvgIpc) is 2.12. The second kappa shape index (κ2) is 5.31. The zero-order chi connectivity index (χ0) is 11.5. The van der Waals surface area contributed by atoms with E-state index in [0.717, 1.165) is 3.57 Å². The standard InChI is InChI=1S/C8H10ClIN2O2S/c1-2-5-15(13,14)12-8-7(9)6(10)3-4-11-8/h3-4H,2,5H2,1H3,(H,11,12). The molecule has 0 fully saturated rings. The zero-order valence-electron chi connectivity index (χ0n) is 8.00. The minimum atomic E-state index is -3.32. The van der Waals surface area contributed by atoms with Gasteiger partial charge in [-0.2, -0.15) is 0 Å². The molecule has 0 amide bonds. The summed E-state index contributed by atoms with van der Waals surface area (Å²) in [6.45, 7) is 1.79. The summed E-state index contributed by atoms with van der Waals surface area (Å²) < 4.78 is 26.0. The number of hydrogen-bond acceptors (Lipinski definition) is 3. The van der Waals surface area contributed by atoms with Gasteiger partial charge in [-0.15, -0.1) is 0 Å². The Bertz CT molecular complexity index is 450. The second-order valence-corrected chi connectivity index (χ2v) is 6.26. The molecule has 0 radical (unpaired) electrons. The van der Waals surface area contributed by atoms with Crippen molar-refractivity contribution in [2.24, 2.45) is 0 Å². The molecule has 1 aromatic rings. The Hall–Kier alpha value is -0.0800. The highest BCUT2D eigenvalue weighted by atomic mass is 127. The number of hydrogen-bond donors (Lipinski definition) is 1. The van der Waals surface area contributed by atoms with Crippen LogP contribution in [0.4, 0.5) is 5.82 Å².